The number of nitrogens with zero attached hydrogens (tertiary/aromatic N) is 1. The van der Waals surface area contributed by atoms with Gasteiger partial charge in [0.05, 0.1) is 12.8 Å². The number of carbonyl (C=O) groups excluding carboxylic acids is 2. The number of methoxy groups -OCH3 is 1. The predicted octanol–water partition coefficient (Wildman–Crippen LogP) is 2.15. The number of hydrogen-bond donors (Lipinski definition) is 3. The van der Waals surface area contributed by atoms with E-state index in [4.69, 9.17) is 4.74 Å². The second-order valence-corrected chi connectivity index (χ2v) is 7.73. The first-order chi connectivity index (χ1) is 13.5. The number of halogens is 2. The molecule has 12 heteroatoms. The Bertz CT molecular complexity index is 1040. The van der Waals surface area contributed by atoms with Gasteiger partial charge in [0.25, 0.3) is 5.91 Å². The van der Waals surface area contributed by atoms with Gasteiger partial charge in [-0.15, -0.1) is 0 Å². The van der Waals surface area contributed by atoms with E-state index in [0.29, 0.717) is 0 Å². The van der Waals surface area contributed by atoms with Crippen LogP contribution >= 0.6 is 0 Å². The highest BCUT2D eigenvalue weighted by Gasteiger charge is 2.19. The summed E-state index contributed by atoms with van der Waals surface area (Å²) in [5.41, 5.74) is 0.0761. The van der Waals surface area contributed by atoms with Gasteiger partial charge in [0.2, 0.25) is 0 Å². The molecule has 0 atom stereocenters. The second-order valence-electron chi connectivity index (χ2n) is 5.84. The van der Waals surface area contributed by atoms with E-state index in [1.807, 2.05) is 0 Å². The molecular weight excluding hydrogens is 410 g/mol. The Morgan fingerprint density at radius 3 is 2.28 bits per heavy atom. The van der Waals surface area contributed by atoms with Crippen LogP contribution in [0.3, 0.4) is 0 Å². The van der Waals surface area contributed by atoms with Crippen LogP contribution in [0.2, 0.25) is 0 Å². The standard InChI is InChI=1S/C17H18F2N4O5S/c1-23(2)29(26,27)22-17(25)21-14-8-10(4-7-15(14)28-3)16(24)20-11-5-6-12(18)13(19)9-11/h4-9H,1-3H3,(H,20,24)(H2,21,22,25). The fourth-order valence-electron chi connectivity index (χ4n) is 2.08. The number of carbonyl (C=O) groups is 2. The van der Waals surface area contributed by atoms with Crippen LogP contribution < -0.4 is 20.1 Å². The van der Waals surface area contributed by atoms with Gasteiger partial charge in [0.1, 0.15) is 5.75 Å². The Morgan fingerprint density at radius 2 is 1.69 bits per heavy atom. The summed E-state index contributed by atoms with van der Waals surface area (Å²) in [6, 6.07) is 5.75. The van der Waals surface area contributed by atoms with Crippen molar-refractivity contribution in [2.24, 2.45) is 0 Å². The van der Waals surface area contributed by atoms with Gasteiger partial charge < -0.3 is 15.4 Å². The molecule has 0 fully saturated rings. The van der Waals surface area contributed by atoms with Crippen molar-refractivity contribution in [2.75, 3.05) is 31.8 Å². The zero-order chi connectivity index (χ0) is 21.8. The Labute approximate surface area is 165 Å². The number of amides is 3. The normalized spacial score (nSPS) is 11.1. The van der Waals surface area contributed by atoms with Crippen LogP contribution in [0, 0.1) is 11.6 Å². The zero-order valence-electron chi connectivity index (χ0n) is 15.6. The molecule has 3 N–H and O–H groups in total. The van der Waals surface area contributed by atoms with Gasteiger partial charge in [-0.1, -0.05) is 0 Å². The molecule has 0 heterocycles. The average molecular weight is 428 g/mol. The maximum absolute atomic E-state index is 13.3. The monoisotopic (exact) mass is 428 g/mol. The van der Waals surface area contributed by atoms with Crippen molar-refractivity contribution in [3.63, 3.8) is 0 Å². The van der Waals surface area contributed by atoms with E-state index in [2.05, 4.69) is 10.6 Å². The lowest BCUT2D eigenvalue weighted by molar-refractivity contribution is 0.102. The zero-order valence-corrected chi connectivity index (χ0v) is 16.4. The molecular formula is C17H18F2N4O5S. The van der Waals surface area contributed by atoms with Crippen molar-refractivity contribution < 1.29 is 31.5 Å². The molecule has 9 nitrogen and oxygen atoms in total. The number of hydrogen-bond acceptors (Lipinski definition) is 5. The molecule has 2 aromatic carbocycles. The molecule has 0 aliphatic carbocycles. The third kappa shape index (κ3) is 5.62. The molecule has 0 spiro atoms. The second kappa shape index (κ2) is 8.84. The SMILES string of the molecule is COc1ccc(C(=O)Nc2ccc(F)c(F)c2)cc1NC(=O)NS(=O)(=O)N(C)C. The van der Waals surface area contributed by atoms with Gasteiger partial charge in [-0.2, -0.15) is 12.7 Å². The number of ether oxygens (including phenoxy) is 1. The van der Waals surface area contributed by atoms with Crippen molar-refractivity contribution >= 4 is 33.5 Å². The van der Waals surface area contributed by atoms with Crippen LogP contribution in [0.1, 0.15) is 10.4 Å². The van der Waals surface area contributed by atoms with Crippen molar-refractivity contribution in [3.05, 3.63) is 53.6 Å². The lowest BCUT2D eigenvalue weighted by Gasteiger charge is -2.15. The molecule has 0 radical (unpaired) electrons. The topological polar surface area (TPSA) is 117 Å². The smallest absolute Gasteiger partial charge is 0.333 e. The molecule has 2 rings (SSSR count). The molecule has 0 bridgehead atoms. The fraction of sp³-hybridized carbons (Fsp3) is 0.176. The lowest BCUT2D eigenvalue weighted by atomic mass is 10.1. The Kier molecular flexibility index (Phi) is 6.72. The molecule has 0 aliphatic heterocycles. The maximum Gasteiger partial charge on any atom is 0.333 e. The summed E-state index contributed by atoms with van der Waals surface area (Å²) >= 11 is 0. The Hall–Kier alpha value is -3.25. The van der Waals surface area contributed by atoms with Gasteiger partial charge >= 0.3 is 16.2 Å². The largest absolute Gasteiger partial charge is 0.495 e. The van der Waals surface area contributed by atoms with Crippen LogP contribution in [0.25, 0.3) is 0 Å². The Balaban J connectivity index is 2.22. The van der Waals surface area contributed by atoms with Crippen molar-refractivity contribution in [3.8, 4) is 5.75 Å². The quantitative estimate of drug-likeness (QED) is 0.652. The van der Waals surface area contributed by atoms with E-state index in [1.165, 1.54) is 45.5 Å². The molecule has 0 saturated carbocycles. The van der Waals surface area contributed by atoms with E-state index < -0.39 is 33.8 Å². The first-order valence-corrected chi connectivity index (χ1v) is 9.43. The summed E-state index contributed by atoms with van der Waals surface area (Å²) in [5.74, 6) is -2.70. The summed E-state index contributed by atoms with van der Waals surface area (Å²) in [6.45, 7) is 0. The van der Waals surface area contributed by atoms with Crippen LogP contribution in [0.5, 0.6) is 5.75 Å². The number of benzene rings is 2. The molecule has 0 aliphatic rings. The molecule has 156 valence electrons. The van der Waals surface area contributed by atoms with E-state index in [1.54, 1.807) is 4.72 Å². The number of anilines is 2. The van der Waals surface area contributed by atoms with E-state index in [0.717, 1.165) is 16.4 Å². The highest BCUT2D eigenvalue weighted by Crippen LogP contribution is 2.26. The average Bonchev–Trinajstić information content (AvgIpc) is 2.64. The summed E-state index contributed by atoms with van der Waals surface area (Å²) in [5, 5.41) is 4.66. The number of urea groups is 1. The first kappa shape index (κ1) is 22.0. The van der Waals surface area contributed by atoms with Crippen molar-refractivity contribution in [1.29, 1.82) is 0 Å². The van der Waals surface area contributed by atoms with Gasteiger partial charge in [-0.25, -0.2) is 18.3 Å². The maximum atomic E-state index is 13.3. The van der Waals surface area contributed by atoms with E-state index in [-0.39, 0.29) is 22.7 Å². The lowest BCUT2D eigenvalue weighted by Crippen LogP contribution is -2.41. The molecule has 3 amide bonds. The minimum absolute atomic E-state index is 0.0110. The summed E-state index contributed by atoms with van der Waals surface area (Å²) in [7, 11) is -0.240. The van der Waals surface area contributed by atoms with Crippen LogP contribution in [0.15, 0.2) is 36.4 Å². The van der Waals surface area contributed by atoms with Gasteiger partial charge in [-0.05, 0) is 30.3 Å². The minimum Gasteiger partial charge on any atom is -0.495 e. The van der Waals surface area contributed by atoms with Crippen molar-refractivity contribution in [2.45, 2.75) is 0 Å². The summed E-state index contributed by atoms with van der Waals surface area (Å²) in [4.78, 5) is 24.3. The molecule has 2 aromatic rings. The fourth-order valence-corrected chi connectivity index (χ4v) is 2.55. The summed E-state index contributed by atoms with van der Waals surface area (Å²) < 4.78 is 57.4. The van der Waals surface area contributed by atoms with Gasteiger partial charge in [0, 0.05) is 31.4 Å². The van der Waals surface area contributed by atoms with Crippen LogP contribution in [0.4, 0.5) is 25.0 Å². The highest BCUT2D eigenvalue weighted by molar-refractivity contribution is 7.87. The molecule has 29 heavy (non-hydrogen) atoms. The minimum atomic E-state index is -4.03. The third-order valence-corrected chi connectivity index (χ3v) is 4.99. The van der Waals surface area contributed by atoms with E-state index in [9.17, 15) is 26.8 Å². The van der Waals surface area contributed by atoms with Crippen LogP contribution in [-0.4, -0.2) is 45.9 Å². The van der Waals surface area contributed by atoms with Crippen LogP contribution in [-0.2, 0) is 10.2 Å². The Morgan fingerprint density at radius 1 is 1.00 bits per heavy atom. The number of nitrogens with one attached hydrogen (secondary N) is 3. The predicted molar refractivity (Wildman–Crippen MR) is 102 cm³/mol. The number of rotatable bonds is 6. The van der Waals surface area contributed by atoms with Gasteiger partial charge in [0.15, 0.2) is 11.6 Å². The molecule has 0 aromatic heterocycles. The first-order valence-electron chi connectivity index (χ1n) is 7.99. The molecule has 0 unspecified atom stereocenters. The summed E-state index contributed by atoms with van der Waals surface area (Å²) in [6.07, 6.45) is 0. The third-order valence-electron chi connectivity index (χ3n) is 3.59. The van der Waals surface area contributed by atoms with E-state index >= 15 is 0 Å². The van der Waals surface area contributed by atoms with Gasteiger partial charge in [-0.3, -0.25) is 4.79 Å². The van der Waals surface area contributed by atoms with Crippen molar-refractivity contribution in [1.82, 2.24) is 9.03 Å². The highest BCUT2D eigenvalue weighted by atomic mass is 32.2. The molecule has 0 saturated heterocycles.